The second-order valence-corrected chi connectivity index (χ2v) is 5.69. The summed E-state index contributed by atoms with van der Waals surface area (Å²) in [7, 11) is 5.77. The molecule has 0 saturated heterocycles. The van der Waals surface area contributed by atoms with E-state index >= 15 is 0 Å². The van der Waals surface area contributed by atoms with E-state index in [9.17, 15) is 4.79 Å². The third kappa shape index (κ3) is 5.34. The molecule has 0 aliphatic rings. The number of carbonyl (C=O) groups excluding carboxylic acids is 1. The fourth-order valence-corrected chi connectivity index (χ4v) is 2.59. The summed E-state index contributed by atoms with van der Waals surface area (Å²) in [6.45, 7) is 8.12. The molecule has 0 bridgehead atoms. The van der Waals surface area contributed by atoms with Crippen LogP contribution in [0.3, 0.4) is 0 Å². The molecule has 0 aliphatic carbocycles. The van der Waals surface area contributed by atoms with Crippen molar-refractivity contribution >= 4 is 17.3 Å². The topological polar surface area (TPSA) is 42.0 Å². The van der Waals surface area contributed by atoms with E-state index in [2.05, 4.69) is 28.9 Å². The quantitative estimate of drug-likeness (QED) is 0.653. The summed E-state index contributed by atoms with van der Waals surface area (Å²) in [4.78, 5) is 15.9. The lowest BCUT2D eigenvalue weighted by Crippen LogP contribution is -2.27. The molecular formula is C18H30N2O3. The molecule has 0 spiro atoms. The van der Waals surface area contributed by atoms with Gasteiger partial charge in [0.25, 0.3) is 0 Å². The molecule has 0 atom stereocenters. The van der Waals surface area contributed by atoms with Gasteiger partial charge in [-0.05, 0) is 38.8 Å². The normalized spacial score (nSPS) is 10.3. The van der Waals surface area contributed by atoms with Crippen molar-refractivity contribution in [1.29, 1.82) is 0 Å². The van der Waals surface area contributed by atoms with Crippen molar-refractivity contribution in [2.45, 2.75) is 33.6 Å². The van der Waals surface area contributed by atoms with Crippen molar-refractivity contribution in [2.75, 3.05) is 50.7 Å². The van der Waals surface area contributed by atoms with Gasteiger partial charge in [-0.25, -0.2) is 0 Å². The third-order valence-electron chi connectivity index (χ3n) is 3.81. The second kappa shape index (κ2) is 9.28. The minimum absolute atomic E-state index is 0.127. The summed E-state index contributed by atoms with van der Waals surface area (Å²) in [5.41, 5.74) is 3.40. The SMILES string of the molecule is CCOC(=O)CCCN(CC)c1cc(OC)c(C)cc1N(C)C. The van der Waals surface area contributed by atoms with Crippen molar-refractivity contribution < 1.29 is 14.3 Å². The molecule has 0 aliphatic heterocycles. The van der Waals surface area contributed by atoms with E-state index in [0.717, 1.165) is 42.2 Å². The Labute approximate surface area is 140 Å². The summed E-state index contributed by atoms with van der Waals surface area (Å²) in [6.07, 6.45) is 1.22. The first-order chi connectivity index (χ1) is 10.9. The number of aryl methyl sites for hydroxylation is 1. The molecule has 5 heteroatoms. The lowest BCUT2D eigenvalue weighted by Gasteiger charge is -2.29. The van der Waals surface area contributed by atoms with Crippen LogP contribution in [0.5, 0.6) is 5.75 Å². The van der Waals surface area contributed by atoms with Gasteiger partial charge in [-0.15, -0.1) is 0 Å². The fraction of sp³-hybridized carbons (Fsp3) is 0.611. The number of nitrogens with zero attached hydrogens (tertiary/aromatic N) is 2. The zero-order valence-corrected chi connectivity index (χ0v) is 15.3. The number of hydrogen-bond donors (Lipinski definition) is 0. The zero-order valence-electron chi connectivity index (χ0n) is 15.3. The maximum atomic E-state index is 11.5. The number of anilines is 2. The van der Waals surface area contributed by atoms with E-state index < -0.39 is 0 Å². The lowest BCUT2D eigenvalue weighted by atomic mass is 10.1. The van der Waals surface area contributed by atoms with Gasteiger partial charge in [0, 0.05) is 39.7 Å². The van der Waals surface area contributed by atoms with Crippen LogP contribution in [0.1, 0.15) is 32.3 Å². The van der Waals surface area contributed by atoms with E-state index in [4.69, 9.17) is 9.47 Å². The summed E-state index contributed by atoms with van der Waals surface area (Å²) < 4.78 is 10.5. The van der Waals surface area contributed by atoms with Crippen LogP contribution in [-0.4, -0.2) is 46.9 Å². The van der Waals surface area contributed by atoms with Gasteiger partial charge in [0.2, 0.25) is 0 Å². The van der Waals surface area contributed by atoms with E-state index in [1.54, 1.807) is 7.11 Å². The molecule has 23 heavy (non-hydrogen) atoms. The molecule has 0 heterocycles. The number of methoxy groups -OCH3 is 1. The maximum Gasteiger partial charge on any atom is 0.305 e. The number of carbonyl (C=O) groups is 1. The highest BCUT2D eigenvalue weighted by Gasteiger charge is 2.15. The predicted octanol–water partition coefficient (Wildman–Crippen LogP) is 3.24. The molecule has 0 unspecified atom stereocenters. The predicted molar refractivity (Wildman–Crippen MR) is 95.8 cm³/mol. The van der Waals surface area contributed by atoms with Crippen LogP contribution >= 0.6 is 0 Å². The molecule has 0 radical (unpaired) electrons. The van der Waals surface area contributed by atoms with Gasteiger partial charge in [0.15, 0.2) is 0 Å². The summed E-state index contributed by atoms with van der Waals surface area (Å²) in [5, 5.41) is 0. The Morgan fingerprint density at radius 2 is 1.87 bits per heavy atom. The van der Waals surface area contributed by atoms with Crippen molar-refractivity contribution in [3.8, 4) is 5.75 Å². The van der Waals surface area contributed by atoms with Crippen LogP contribution in [0, 0.1) is 6.92 Å². The van der Waals surface area contributed by atoms with Crippen molar-refractivity contribution in [3.05, 3.63) is 17.7 Å². The summed E-state index contributed by atoms with van der Waals surface area (Å²) in [6, 6.07) is 4.22. The van der Waals surface area contributed by atoms with Crippen LogP contribution in [-0.2, 0) is 9.53 Å². The van der Waals surface area contributed by atoms with Gasteiger partial charge in [-0.1, -0.05) is 0 Å². The van der Waals surface area contributed by atoms with Gasteiger partial charge in [0.1, 0.15) is 5.75 Å². The molecule has 1 rings (SSSR count). The van der Waals surface area contributed by atoms with Gasteiger partial charge in [-0.2, -0.15) is 0 Å². The molecular weight excluding hydrogens is 292 g/mol. The van der Waals surface area contributed by atoms with Crippen LogP contribution < -0.4 is 14.5 Å². The van der Waals surface area contributed by atoms with Crippen molar-refractivity contribution in [1.82, 2.24) is 0 Å². The minimum Gasteiger partial charge on any atom is -0.496 e. The fourth-order valence-electron chi connectivity index (χ4n) is 2.59. The molecule has 0 saturated carbocycles. The number of esters is 1. The largest absolute Gasteiger partial charge is 0.496 e. The molecule has 130 valence electrons. The molecule has 1 aromatic rings. The second-order valence-electron chi connectivity index (χ2n) is 5.69. The number of hydrogen-bond acceptors (Lipinski definition) is 5. The average molecular weight is 322 g/mol. The molecule has 5 nitrogen and oxygen atoms in total. The first kappa shape index (κ1) is 19.1. The van der Waals surface area contributed by atoms with Gasteiger partial charge < -0.3 is 19.3 Å². The Balaban J connectivity index is 2.93. The number of benzene rings is 1. The highest BCUT2D eigenvalue weighted by atomic mass is 16.5. The lowest BCUT2D eigenvalue weighted by molar-refractivity contribution is -0.143. The number of ether oxygens (including phenoxy) is 2. The molecule has 0 amide bonds. The Morgan fingerprint density at radius 1 is 1.17 bits per heavy atom. The van der Waals surface area contributed by atoms with Crippen molar-refractivity contribution in [3.63, 3.8) is 0 Å². The monoisotopic (exact) mass is 322 g/mol. The summed E-state index contributed by atoms with van der Waals surface area (Å²) in [5.74, 6) is 0.757. The highest BCUT2D eigenvalue weighted by molar-refractivity contribution is 5.74. The van der Waals surface area contributed by atoms with Gasteiger partial charge in [-0.3, -0.25) is 4.79 Å². The Kier molecular flexibility index (Phi) is 7.72. The zero-order chi connectivity index (χ0) is 17.4. The minimum atomic E-state index is -0.127. The van der Waals surface area contributed by atoms with Gasteiger partial charge in [0.05, 0.1) is 25.1 Å². The first-order valence-corrected chi connectivity index (χ1v) is 8.21. The molecule has 1 aromatic carbocycles. The molecule has 0 aromatic heterocycles. The van der Waals surface area contributed by atoms with E-state index in [-0.39, 0.29) is 5.97 Å². The Morgan fingerprint density at radius 3 is 2.39 bits per heavy atom. The van der Waals surface area contributed by atoms with E-state index in [1.807, 2.05) is 27.9 Å². The van der Waals surface area contributed by atoms with Crippen molar-refractivity contribution in [2.24, 2.45) is 0 Å². The van der Waals surface area contributed by atoms with Crippen LogP contribution in [0.4, 0.5) is 11.4 Å². The average Bonchev–Trinajstić information content (AvgIpc) is 2.51. The molecule has 0 N–H and O–H groups in total. The van der Waals surface area contributed by atoms with Crippen LogP contribution in [0.25, 0.3) is 0 Å². The smallest absolute Gasteiger partial charge is 0.305 e. The Hall–Kier alpha value is -1.91. The van der Waals surface area contributed by atoms with Crippen LogP contribution in [0.2, 0.25) is 0 Å². The molecule has 0 fully saturated rings. The van der Waals surface area contributed by atoms with Crippen LogP contribution in [0.15, 0.2) is 12.1 Å². The standard InChI is InChI=1S/C18H30N2O3/c1-7-20(11-9-10-18(21)23-8-2)16-13-17(22-6)14(3)12-15(16)19(4)5/h12-13H,7-11H2,1-6H3. The maximum absolute atomic E-state index is 11.5. The number of rotatable bonds is 9. The highest BCUT2D eigenvalue weighted by Crippen LogP contribution is 2.35. The summed E-state index contributed by atoms with van der Waals surface area (Å²) >= 11 is 0. The van der Waals surface area contributed by atoms with Gasteiger partial charge >= 0.3 is 5.97 Å². The first-order valence-electron chi connectivity index (χ1n) is 8.21. The van der Waals surface area contributed by atoms with E-state index in [0.29, 0.717) is 13.0 Å². The third-order valence-corrected chi connectivity index (χ3v) is 3.81. The van der Waals surface area contributed by atoms with E-state index in [1.165, 1.54) is 0 Å². The Bertz CT molecular complexity index is 515.